The van der Waals surface area contributed by atoms with Crippen LogP contribution in [0, 0.1) is 17.8 Å². The number of H-pyrrole nitrogens is 1. The Bertz CT molecular complexity index is 2770. The van der Waals surface area contributed by atoms with E-state index in [1.807, 2.05) is 12.1 Å². The number of aryl methyl sites for hydroxylation is 1. The minimum absolute atomic E-state index is 0.176. The molecule has 0 amide bonds. The van der Waals surface area contributed by atoms with Gasteiger partial charge < -0.3 is 20.5 Å². The molecule has 54 heavy (non-hydrogen) atoms. The highest BCUT2D eigenvalue weighted by Gasteiger charge is 2.32. The molecule has 9 rings (SSSR count). The third-order valence-corrected chi connectivity index (χ3v) is 11.4. The van der Waals surface area contributed by atoms with E-state index in [0.717, 1.165) is 94.0 Å². The number of rotatable bonds is 1. The second-order valence-corrected chi connectivity index (χ2v) is 17.1. The van der Waals surface area contributed by atoms with Gasteiger partial charge in [0.25, 0.3) is 0 Å². The van der Waals surface area contributed by atoms with E-state index in [0.29, 0.717) is 17.8 Å². The van der Waals surface area contributed by atoms with Crippen molar-refractivity contribution in [3.8, 4) is 0 Å². The molecular formula is C48H46N4O2. The molecule has 0 saturated heterocycles. The lowest BCUT2D eigenvalue weighted by atomic mass is 9.78. The van der Waals surface area contributed by atoms with Crippen LogP contribution >= 0.6 is 0 Å². The van der Waals surface area contributed by atoms with Crippen LogP contribution in [0.3, 0.4) is 0 Å². The topological polar surface area (TPSA) is 94.1 Å². The average molecular weight is 711 g/mol. The molecule has 3 aromatic heterocycles. The van der Waals surface area contributed by atoms with Gasteiger partial charge in [0.05, 0.1) is 22.4 Å². The van der Waals surface area contributed by atoms with Crippen molar-refractivity contribution in [2.45, 2.75) is 67.1 Å². The molecule has 2 atom stereocenters. The van der Waals surface area contributed by atoms with Gasteiger partial charge in [-0.25, -0.2) is 9.97 Å². The van der Waals surface area contributed by atoms with E-state index in [1.165, 1.54) is 0 Å². The van der Waals surface area contributed by atoms with Gasteiger partial charge >= 0.3 is 0 Å². The highest BCUT2D eigenvalue weighted by atomic mass is 16.3. The SMILES string of the molecule is Cc1ccccc1C1=c2ccc([nH]2)=C2C=C(C(C)(C)C)C=C(c3ccc4ccc5ccc(nc5c4n3)C3=CC(C(C)(C)C)=CC(=C4CC=C1N4)C3O)C2O. The number of aromatic amines is 1. The Balaban J connectivity index is 1.39. The van der Waals surface area contributed by atoms with E-state index >= 15 is 0 Å². The molecule has 4 aliphatic rings. The first-order chi connectivity index (χ1) is 25.7. The number of hydrogen-bond donors (Lipinski definition) is 4. The van der Waals surface area contributed by atoms with Gasteiger partial charge in [0.15, 0.2) is 0 Å². The molecule has 2 unspecified atom stereocenters. The van der Waals surface area contributed by atoms with E-state index in [9.17, 15) is 10.2 Å². The maximum atomic E-state index is 12.3. The van der Waals surface area contributed by atoms with Crippen molar-refractivity contribution in [2.24, 2.45) is 10.8 Å². The van der Waals surface area contributed by atoms with E-state index in [-0.39, 0.29) is 10.8 Å². The molecule has 5 aromatic rings. The predicted octanol–water partition coefficient (Wildman–Crippen LogP) is 8.08. The van der Waals surface area contributed by atoms with Gasteiger partial charge in [-0.2, -0.15) is 0 Å². The largest absolute Gasteiger partial charge is 0.384 e. The van der Waals surface area contributed by atoms with Gasteiger partial charge in [0, 0.05) is 67.2 Å². The number of nitrogens with zero attached hydrogens (tertiary/aromatic N) is 2. The molecular weight excluding hydrogens is 665 g/mol. The molecule has 6 heteroatoms. The molecule has 0 saturated carbocycles. The average Bonchev–Trinajstić information content (AvgIpc) is 3.82. The first kappa shape index (κ1) is 34.2. The van der Waals surface area contributed by atoms with Crippen molar-refractivity contribution in [3.05, 3.63) is 165 Å². The third-order valence-electron chi connectivity index (χ3n) is 11.4. The van der Waals surface area contributed by atoms with Crippen LogP contribution in [0.25, 0.3) is 44.1 Å². The lowest BCUT2D eigenvalue weighted by Crippen LogP contribution is -2.27. The molecule has 0 spiro atoms. The van der Waals surface area contributed by atoms with Crippen LogP contribution in [0.15, 0.2) is 131 Å². The summed E-state index contributed by atoms with van der Waals surface area (Å²) in [5, 5.41) is 32.0. The summed E-state index contributed by atoms with van der Waals surface area (Å²) in [4.78, 5) is 14.3. The first-order valence-electron chi connectivity index (χ1n) is 18.9. The lowest BCUT2D eigenvalue weighted by Gasteiger charge is -2.30. The normalized spacial score (nSPS) is 20.1. The molecule has 5 heterocycles. The number of benzene rings is 2. The minimum atomic E-state index is -0.920. The van der Waals surface area contributed by atoms with Crippen molar-refractivity contribution >= 4 is 44.1 Å². The van der Waals surface area contributed by atoms with Crippen LogP contribution in [0.1, 0.15) is 70.5 Å². The minimum Gasteiger partial charge on any atom is -0.384 e. The number of fused-ring (bicyclic) bond motifs is 12. The van der Waals surface area contributed by atoms with E-state index in [1.54, 1.807) is 0 Å². The Morgan fingerprint density at radius 2 is 1.17 bits per heavy atom. The maximum Gasteiger partial charge on any atom is 0.108 e. The Morgan fingerprint density at radius 1 is 0.630 bits per heavy atom. The number of nitrogens with one attached hydrogen (secondary N) is 2. The van der Waals surface area contributed by atoms with Gasteiger partial charge in [0.2, 0.25) is 0 Å². The fourth-order valence-electron chi connectivity index (χ4n) is 8.09. The van der Waals surface area contributed by atoms with Gasteiger partial charge in [-0.1, -0.05) is 120 Å². The fraction of sp³-hybridized carbons (Fsp3) is 0.250. The molecule has 2 aliphatic heterocycles. The van der Waals surface area contributed by atoms with Gasteiger partial charge in [0.1, 0.15) is 12.2 Å². The number of allylic oxidation sites excluding steroid dienone is 6. The van der Waals surface area contributed by atoms with Crippen molar-refractivity contribution in [1.82, 2.24) is 20.3 Å². The number of hydrogen-bond acceptors (Lipinski definition) is 5. The number of aliphatic hydroxyl groups is 2. The fourth-order valence-corrected chi connectivity index (χ4v) is 8.09. The second-order valence-electron chi connectivity index (χ2n) is 17.1. The third kappa shape index (κ3) is 5.64. The zero-order chi connectivity index (χ0) is 37.7. The molecule has 2 aromatic carbocycles. The van der Waals surface area contributed by atoms with Crippen molar-refractivity contribution < 1.29 is 10.2 Å². The summed E-state index contributed by atoms with van der Waals surface area (Å²) in [5.41, 5.74) is 13.2. The summed E-state index contributed by atoms with van der Waals surface area (Å²) in [6.45, 7) is 15.3. The van der Waals surface area contributed by atoms with E-state index in [4.69, 9.17) is 9.97 Å². The van der Waals surface area contributed by atoms with Crippen molar-refractivity contribution in [1.29, 1.82) is 0 Å². The summed E-state index contributed by atoms with van der Waals surface area (Å²) < 4.78 is 0. The molecule has 12 bridgehead atoms. The van der Waals surface area contributed by atoms with Crippen LogP contribution in [0.2, 0.25) is 0 Å². The number of aromatic nitrogens is 3. The molecule has 0 radical (unpaired) electrons. The van der Waals surface area contributed by atoms with Gasteiger partial charge in [-0.3, -0.25) is 0 Å². The van der Waals surface area contributed by atoms with Crippen LogP contribution in [-0.2, 0) is 0 Å². The quantitative estimate of drug-likeness (QED) is 0.132. The number of aliphatic hydroxyl groups excluding tert-OH is 2. The van der Waals surface area contributed by atoms with Crippen molar-refractivity contribution in [2.75, 3.05) is 0 Å². The van der Waals surface area contributed by atoms with E-state index in [2.05, 4.69) is 150 Å². The van der Waals surface area contributed by atoms with Crippen LogP contribution in [-0.4, -0.2) is 37.4 Å². The molecule has 2 aliphatic carbocycles. The lowest BCUT2D eigenvalue weighted by molar-refractivity contribution is 0.267. The Hall–Kier alpha value is -5.56. The highest BCUT2D eigenvalue weighted by molar-refractivity contribution is 6.04. The smallest absolute Gasteiger partial charge is 0.108 e. The van der Waals surface area contributed by atoms with Gasteiger partial charge in [-0.15, -0.1) is 0 Å². The summed E-state index contributed by atoms with van der Waals surface area (Å²) >= 11 is 0. The van der Waals surface area contributed by atoms with Gasteiger partial charge in [-0.05, 0) is 64.3 Å². The highest BCUT2D eigenvalue weighted by Crippen LogP contribution is 2.41. The van der Waals surface area contributed by atoms with Crippen LogP contribution in [0.5, 0.6) is 0 Å². The van der Waals surface area contributed by atoms with E-state index < -0.39 is 12.2 Å². The Morgan fingerprint density at radius 3 is 1.76 bits per heavy atom. The summed E-state index contributed by atoms with van der Waals surface area (Å²) in [6, 6.07) is 24.9. The Labute approximate surface area is 316 Å². The molecule has 6 nitrogen and oxygen atoms in total. The summed E-state index contributed by atoms with van der Waals surface area (Å²) in [6.07, 6.45) is 9.56. The maximum absolute atomic E-state index is 12.3. The predicted molar refractivity (Wildman–Crippen MR) is 220 cm³/mol. The van der Waals surface area contributed by atoms with Crippen LogP contribution in [0.4, 0.5) is 0 Å². The number of pyridine rings is 2. The second kappa shape index (κ2) is 12.2. The monoisotopic (exact) mass is 710 g/mol. The summed E-state index contributed by atoms with van der Waals surface area (Å²) in [5.74, 6) is 0. The molecule has 270 valence electrons. The standard InChI is InChI=1S/C48H46N4O2/c1-26-10-8-9-11-31(26)42-40-20-18-36(49-40)32-22-29(47(2,3)4)24-34(45(32)53)38-16-14-27-12-13-28-15-17-39(52-44(28)43(27)51-38)35-25-30(48(5,6)7)23-33(46(35)54)37-19-21-41(42)50-37/h8-18,20-25,45-46,49-50,53-54H,19H2,1-7H3. The first-order valence-corrected chi connectivity index (χ1v) is 18.9. The molecule has 4 N–H and O–H groups in total. The zero-order valence-electron chi connectivity index (χ0n) is 32.0. The molecule has 0 fully saturated rings. The van der Waals surface area contributed by atoms with Crippen molar-refractivity contribution in [3.63, 3.8) is 0 Å². The summed E-state index contributed by atoms with van der Waals surface area (Å²) in [7, 11) is 0. The Kier molecular flexibility index (Phi) is 7.76. The van der Waals surface area contributed by atoms with Crippen LogP contribution < -0.4 is 16.0 Å². The zero-order valence-corrected chi connectivity index (χ0v) is 32.0.